The Bertz CT molecular complexity index is 1650. The Morgan fingerprint density at radius 1 is 1.16 bits per heavy atom. The second kappa shape index (κ2) is 12.1. The zero-order chi connectivity index (χ0) is 31.0. The number of alkyl halides is 3. The van der Waals surface area contributed by atoms with Crippen molar-refractivity contribution < 1.29 is 37.1 Å². The number of hydrogen-bond donors (Lipinski definition) is 2. The van der Waals surface area contributed by atoms with Gasteiger partial charge in [-0.1, -0.05) is 37.6 Å². The number of rotatable bonds is 10. The van der Waals surface area contributed by atoms with Crippen molar-refractivity contribution in [2.75, 3.05) is 5.32 Å². The van der Waals surface area contributed by atoms with Crippen LogP contribution in [-0.4, -0.2) is 44.7 Å². The van der Waals surface area contributed by atoms with Crippen molar-refractivity contribution in [3.63, 3.8) is 0 Å². The predicted molar refractivity (Wildman–Crippen MR) is 155 cm³/mol. The van der Waals surface area contributed by atoms with E-state index in [1.54, 1.807) is 30.5 Å². The molecule has 4 aromatic rings. The van der Waals surface area contributed by atoms with Gasteiger partial charge in [0.25, 0.3) is 0 Å². The molecule has 2 aromatic heterocycles. The smallest absolute Gasteiger partial charge is 0.478 e. The van der Waals surface area contributed by atoms with Crippen LogP contribution < -0.4 is 10.1 Å². The van der Waals surface area contributed by atoms with Crippen LogP contribution in [0.4, 0.5) is 19.1 Å². The molecule has 232 valence electrons. The maximum atomic E-state index is 13.1. The van der Waals surface area contributed by atoms with E-state index in [-0.39, 0.29) is 53.4 Å². The first-order chi connectivity index (χ1) is 21.1. The Morgan fingerprint density at radius 2 is 1.95 bits per heavy atom. The molecule has 9 nitrogen and oxygen atoms in total. The molecule has 2 fully saturated rings. The van der Waals surface area contributed by atoms with E-state index in [0.717, 1.165) is 32.1 Å². The zero-order valence-corrected chi connectivity index (χ0v) is 24.3. The summed E-state index contributed by atoms with van der Waals surface area (Å²) in [6.07, 6.45) is 1.02. The SMILES string of the molecule is CCC1CC(OCc2c(-c3ccccc3OC(F)(F)F)noc2C2CC2)CC(C)C1Nc1ncc2cc(C(=O)O)ccc2n1. The number of nitrogens with zero attached hydrogens (tertiary/aromatic N) is 3. The molecule has 12 heteroatoms. The van der Waals surface area contributed by atoms with Crippen molar-refractivity contribution in [1.82, 2.24) is 15.1 Å². The van der Waals surface area contributed by atoms with Crippen molar-refractivity contribution in [2.45, 2.75) is 77.0 Å². The maximum absolute atomic E-state index is 13.1. The van der Waals surface area contributed by atoms with Gasteiger partial charge in [-0.15, -0.1) is 13.2 Å². The first-order valence-electron chi connectivity index (χ1n) is 14.8. The molecule has 6 rings (SSSR count). The summed E-state index contributed by atoms with van der Waals surface area (Å²) in [4.78, 5) is 20.4. The summed E-state index contributed by atoms with van der Waals surface area (Å²) in [5.74, 6) is 0.463. The van der Waals surface area contributed by atoms with Crippen LogP contribution in [0.15, 0.2) is 53.2 Å². The number of para-hydroxylation sites is 1. The van der Waals surface area contributed by atoms with Crippen molar-refractivity contribution in [3.8, 4) is 17.0 Å². The van der Waals surface area contributed by atoms with Crippen LogP contribution in [0.2, 0.25) is 0 Å². The summed E-state index contributed by atoms with van der Waals surface area (Å²) in [6.45, 7) is 4.45. The number of aromatic nitrogens is 3. The van der Waals surface area contributed by atoms with Crippen LogP contribution in [0.25, 0.3) is 22.2 Å². The minimum atomic E-state index is -4.84. The predicted octanol–water partition coefficient (Wildman–Crippen LogP) is 7.58. The molecular formula is C32H33F3N4O5. The van der Waals surface area contributed by atoms with E-state index in [1.165, 1.54) is 18.2 Å². The number of nitrogens with one attached hydrogen (secondary N) is 1. The minimum Gasteiger partial charge on any atom is -0.478 e. The Morgan fingerprint density at radius 3 is 2.68 bits per heavy atom. The number of carbonyl (C=O) groups is 1. The van der Waals surface area contributed by atoms with E-state index >= 15 is 0 Å². The van der Waals surface area contributed by atoms with E-state index in [9.17, 15) is 23.1 Å². The number of carboxylic acids is 1. The number of fused-ring (bicyclic) bond motifs is 1. The van der Waals surface area contributed by atoms with Gasteiger partial charge < -0.3 is 24.4 Å². The molecule has 2 aliphatic carbocycles. The van der Waals surface area contributed by atoms with Crippen LogP contribution in [-0.2, 0) is 11.3 Å². The summed E-state index contributed by atoms with van der Waals surface area (Å²) in [6, 6.07) is 10.8. The molecule has 4 atom stereocenters. The van der Waals surface area contributed by atoms with Gasteiger partial charge in [-0.05, 0) is 67.9 Å². The second-order valence-corrected chi connectivity index (χ2v) is 11.7. The first kappa shape index (κ1) is 29.9. The minimum absolute atomic E-state index is 0.0727. The van der Waals surface area contributed by atoms with Crippen molar-refractivity contribution >= 4 is 22.8 Å². The quantitative estimate of drug-likeness (QED) is 0.187. The molecule has 0 radical (unpaired) electrons. The van der Waals surface area contributed by atoms with E-state index < -0.39 is 12.3 Å². The van der Waals surface area contributed by atoms with Gasteiger partial charge in [0, 0.05) is 34.7 Å². The monoisotopic (exact) mass is 610 g/mol. The molecule has 44 heavy (non-hydrogen) atoms. The average Bonchev–Trinajstić information content (AvgIpc) is 3.75. The molecule has 2 heterocycles. The van der Waals surface area contributed by atoms with Gasteiger partial charge in [0.05, 0.1) is 23.8 Å². The fourth-order valence-electron chi connectivity index (χ4n) is 6.22. The van der Waals surface area contributed by atoms with Gasteiger partial charge in [0.1, 0.15) is 17.2 Å². The lowest BCUT2D eigenvalue weighted by Crippen LogP contribution is -2.44. The van der Waals surface area contributed by atoms with Crippen LogP contribution in [0.3, 0.4) is 0 Å². The normalized spacial score (nSPS) is 22.2. The van der Waals surface area contributed by atoms with Crippen LogP contribution in [0.5, 0.6) is 5.75 Å². The third-order valence-corrected chi connectivity index (χ3v) is 8.57. The van der Waals surface area contributed by atoms with Crippen molar-refractivity contribution in [2.24, 2.45) is 11.8 Å². The number of anilines is 1. The molecule has 0 amide bonds. The average molecular weight is 611 g/mol. The fourth-order valence-corrected chi connectivity index (χ4v) is 6.22. The molecule has 0 aliphatic heterocycles. The van der Waals surface area contributed by atoms with Gasteiger partial charge in [0.15, 0.2) is 0 Å². The Balaban J connectivity index is 1.17. The summed E-state index contributed by atoms with van der Waals surface area (Å²) < 4.78 is 55.8. The summed E-state index contributed by atoms with van der Waals surface area (Å²) in [7, 11) is 0. The van der Waals surface area contributed by atoms with Gasteiger partial charge in [-0.25, -0.2) is 14.8 Å². The molecule has 0 saturated heterocycles. The Kier molecular flexibility index (Phi) is 8.19. The summed E-state index contributed by atoms with van der Waals surface area (Å²) >= 11 is 0. The number of hydrogen-bond acceptors (Lipinski definition) is 8. The highest BCUT2D eigenvalue weighted by atomic mass is 19.4. The molecule has 2 N–H and O–H groups in total. The zero-order valence-electron chi connectivity index (χ0n) is 24.3. The van der Waals surface area contributed by atoms with Crippen molar-refractivity contribution in [1.29, 1.82) is 0 Å². The highest BCUT2D eigenvalue weighted by molar-refractivity contribution is 5.93. The molecule has 0 bridgehead atoms. The van der Waals surface area contributed by atoms with Gasteiger partial charge in [0.2, 0.25) is 5.95 Å². The first-order valence-corrected chi connectivity index (χ1v) is 14.8. The number of benzene rings is 2. The molecule has 4 unspecified atom stereocenters. The highest BCUT2D eigenvalue weighted by Gasteiger charge is 2.38. The number of halogens is 3. The van der Waals surface area contributed by atoms with Crippen LogP contribution in [0, 0.1) is 11.8 Å². The maximum Gasteiger partial charge on any atom is 0.573 e. The number of carboxylic acid groups (broad SMARTS) is 1. The highest BCUT2D eigenvalue weighted by Crippen LogP contribution is 2.46. The molecule has 0 spiro atoms. The third kappa shape index (κ3) is 6.50. The van der Waals surface area contributed by atoms with Gasteiger partial charge in [-0.3, -0.25) is 0 Å². The topological polar surface area (TPSA) is 120 Å². The van der Waals surface area contributed by atoms with E-state index in [2.05, 4.69) is 39.0 Å². The molecule has 2 aliphatic rings. The van der Waals surface area contributed by atoms with E-state index in [4.69, 9.17) is 9.26 Å². The summed E-state index contributed by atoms with van der Waals surface area (Å²) in [5.41, 5.74) is 2.03. The molecular weight excluding hydrogens is 577 g/mol. The number of aromatic carboxylic acids is 1. The second-order valence-electron chi connectivity index (χ2n) is 11.7. The van der Waals surface area contributed by atoms with E-state index in [1.807, 2.05) is 0 Å². The van der Waals surface area contributed by atoms with Gasteiger partial charge >= 0.3 is 12.3 Å². The van der Waals surface area contributed by atoms with Gasteiger partial charge in [-0.2, -0.15) is 0 Å². The Labute approximate surface area is 251 Å². The van der Waals surface area contributed by atoms with Crippen LogP contribution in [0.1, 0.15) is 73.6 Å². The van der Waals surface area contributed by atoms with E-state index in [0.29, 0.717) is 33.9 Å². The standard InChI is InChI=1S/C32H33F3N4O5/c1-3-18-14-22(12-17(2)27(18)38-31-36-15-21-13-20(30(40)41)10-11-25(21)37-31)42-16-24-28(39-44-29(24)19-8-9-19)23-6-4-5-7-26(23)43-32(33,34)35/h4-7,10-11,13,15,17-19,22,27H,3,8-9,12,14,16H2,1-2H3,(H,40,41)(H,36,37,38). The molecule has 2 aromatic carbocycles. The molecule has 2 saturated carbocycles. The Hall–Kier alpha value is -4.19. The lowest BCUT2D eigenvalue weighted by molar-refractivity contribution is -0.274. The largest absolute Gasteiger partial charge is 0.573 e. The fraction of sp³-hybridized carbons (Fsp3) is 0.438. The number of ether oxygens (including phenoxy) is 2. The summed E-state index contributed by atoms with van der Waals surface area (Å²) in [5, 5.41) is 17.6. The lowest BCUT2D eigenvalue weighted by Gasteiger charge is -2.40. The van der Waals surface area contributed by atoms with Crippen molar-refractivity contribution in [3.05, 3.63) is 65.5 Å². The third-order valence-electron chi connectivity index (χ3n) is 8.57. The lowest BCUT2D eigenvalue weighted by atomic mass is 9.75. The van der Waals surface area contributed by atoms with Crippen LogP contribution >= 0.6 is 0 Å².